The van der Waals surface area contributed by atoms with E-state index in [9.17, 15) is 4.79 Å². The maximum atomic E-state index is 11.7. The van der Waals surface area contributed by atoms with Gasteiger partial charge in [0.1, 0.15) is 5.75 Å². The van der Waals surface area contributed by atoms with E-state index in [1.165, 1.54) is 6.08 Å². The van der Waals surface area contributed by atoms with Crippen LogP contribution in [-0.4, -0.2) is 47.1 Å². The number of anilines is 4. The molecule has 9 nitrogen and oxygen atoms in total. The molecule has 1 aliphatic heterocycles. The molecule has 9 heteroatoms. The summed E-state index contributed by atoms with van der Waals surface area (Å²) in [4.78, 5) is 25.5. The largest absolute Gasteiger partial charge is 0.494 e. The molecule has 0 unspecified atom stereocenters. The number of carbonyl (C=O) groups is 1. The van der Waals surface area contributed by atoms with Crippen LogP contribution in [0.1, 0.15) is 6.42 Å². The molecular weight excluding hydrogens is 454 g/mol. The molecule has 5 rings (SSSR count). The van der Waals surface area contributed by atoms with Gasteiger partial charge in [-0.2, -0.15) is 0 Å². The maximum Gasteiger partial charge on any atom is 0.247 e. The normalized spacial score (nSPS) is 14.9. The Morgan fingerprint density at radius 2 is 2.08 bits per heavy atom. The van der Waals surface area contributed by atoms with Crippen LogP contribution in [-0.2, 0) is 4.79 Å². The molecule has 4 N–H and O–H groups in total. The molecule has 2 aromatic heterocycles. The lowest BCUT2D eigenvalue weighted by molar-refractivity contribution is -0.111. The average molecular weight is 482 g/mol. The van der Waals surface area contributed by atoms with Crippen LogP contribution in [0.15, 0.2) is 73.6 Å². The number of carbonyl (C=O) groups excluding carboxylic acids is 1. The molecule has 1 amide bonds. The van der Waals surface area contributed by atoms with Gasteiger partial charge in [-0.3, -0.25) is 9.78 Å². The first-order chi connectivity index (χ1) is 17.6. The van der Waals surface area contributed by atoms with Crippen molar-refractivity contribution in [1.82, 2.24) is 20.3 Å². The highest BCUT2D eigenvalue weighted by Gasteiger charge is 2.15. The van der Waals surface area contributed by atoms with Gasteiger partial charge in [0.15, 0.2) is 0 Å². The highest BCUT2D eigenvalue weighted by molar-refractivity contribution is 5.99. The number of nitrogens with zero attached hydrogens (tertiary/aromatic N) is 3. The zero-order valence-electron chi connectivity index (χ0n) is 19.9. The van der Waals surface area contributed by atoms with Crippen LogP contribution in [0.4, 0.5) is 23.0 Å². The van der Waals surface area contributed by atoms with Gasteiger partial charge in [0.05, 0.1) is 24.0 Å². The zero-order valence-corrected chi connectivity index (χ0v) is 19.9. The number of hydrogen-bond donors (Lipinski definition) is 4. The van der Waals surface area contributed by atoms with E-state index in [1.807, 2.05) is 36.4 Å². The fourth-order valence-electron chi connectivity index (χ4n) is 4.19. The second kappa shape index (κ2) is 10.4. The zero-order chi connectivity index (χ0) is 24.9. The van der Waals surface area contributed by atoms with Crippen LogP contribution in [0.25, 0.3) is 22.2 Å². The van der Waals surface area contributed by atoms with Crippen LogP contribution in [0.5, 0.6) is 5.75 Å². The molecule has 1 fully saturated rings. The molecule has 2 aromatic carbocycles. The van der Waals surface area contributed by atoms with Gasteiger partial charge in [-0.05, 0) is 43.3 Å². The predicted molar refractivity (Wildman–Crippen MR) is 143 cm³/mol. The maximum absolute atomic E-state index is 11.7. The van der Waals surface area contributed by atoms with Gasteiger partial charge in [0.25, 0.3) is 0 Å². The Hall–Kier alpha value is -4.50. The first-order valence-electron chi connectivity index (χ1n) is 11.7. The van der Waals surface area contributed by atoms with E-state index in [2.05, 4.69) is 37.8 Å². The molecule has 0 saturated carbocycles. The predicted octanol–water partition coefficient (Wildman–Crippen LogP) is 4.34. The Bertz CT molecular complexity index is 1420. The van der Waals surface area contributed by atoms with E-state index >= 15 is 0 Å². The smallest absolute Gasteiger partial charge is 0.247 e. The molecule has 4 aromatic rings. The third-order valence-corrected chi connectivity index (χ3v) is 5.98. The van der Waals surface area contributed by atoms with Crippen LogP contribution in [0, 0.1) is 0 Å². The van der Waals surface area contributed by atoms with Crippen molar-refractivity contribution in [3.8, 4) is 17.0 Å². The SMILES string of the molecule is C=CC(=O)Nc1ccnc(-c2cccc3cnc(Nc4ccc(N[C@H]5CCNC5)cc4OC)nc23)c1. The van der Waals surface area contributed by atoms with Crippen molar-refractivity contribution in [2.24, 2.45) is 0 Å². The van der Waals surface area contributed by atoms with E-state index in [0.29, 0.717) is 29.1 Å². The number of nitrogens with one attached hydrogen (secondary N) is 4. The van der Waals surface area contributed by atoms with Crippen molar-refractivity contribution in [2.45, 2.75) is 12.5 Å². The fourth-order valence-corrected chi connectivity index (χ4v) is 4.19. The number of para-hydroxylation sites is 1. The Morgan fingerprint density at radius 3 is 2.89 bits per heavy atom. The van der Waals surface area contributed by atoms with Gasteiger partial charge in [-0.1, -0.05) is 24.8 Å². The second-order valence-electron chi connectivity index (χ2n) is 8.43. The summed E-state index contributed by atoms with van der Waals surface area (Å²) in [5.74, 6) is 0.842. The molecule has 0 radical (unpaired) electrons. The molecule has 0 aliphatic carbocycles. The fraction of sp³-hybridized carbons (Fsp3) is 0.185. The van der Waals surface area contributed by atoms with Crippen molar-refractivity contribution in [3.63, 3.8) is 0 Å². The Kier molecular flexibility index (Phi) is 6.72. The third-order valence-electron chi connectivity index (χ3n) is 5.98. The van der Waals surface area contributed by atoms with Crippen molar-refractivity contribution in [1.29, 1.82) is 0 Å². The van der Waals surface area contributed by atoms with Crippen molar-refractivity contribution in [3.05, 3.63) is 73.6 Å². The summed E-state index contributed by atoms with van der Waals surface area (Å²) in [5.41, 5.74) is 4.63. The Labute approximate surface area is 209 Å². The lowest BCUT2D eigenvalue weighted by Crippen LogP contribution is -2.22. The van der Waals surface area contributed by atoms with Gasteiger partial charge >= 0.3 is 0 Å². The molecule has 1 aliphatic rings. The second-order valence-corrected chi connectivity index (χ2v) is 8.43. The Morgan fingerprint density at radius 1 is 1.17 bits per heavy atom. The minimum atomic E-state index is -0.283. The number of amides is 1. The standard InChI is InChI=1S/C27H27N7O2/c1-3-25(35)32-19-10-12-29-23(13-19)21-6-4-5-17-15-30-27(34-26(17)21)33-22-8-7-18(14-24(22)36-2)31-20-9-11-28-16-20/h3-8,10,12-15,20,28,31H,1,9,11,16H2,2H3,(H,29,32,35)(H,30,33,34)/t20-/m0/s1. The number of hydrogen-bond acceptors (Lipinski definition) is 8. The number of aromatic nitrogens is 3. The number of rotatable bonds is 8. The van der Waals surface area contributed by atoms with E-state index in [-0.39, 0.29) is 5.91 Å². The number of fused-ring (bicyclic) bond motifs is 1. The molecule has 1 saturated heterocycles. The summed E-state index contributed by atoms with van der Waals surface area (Å²) >= 11 is 0. The van der Waals surface area contributed by atoms with Crippen LogP contribution >= 0.6 is 0 Å². The summed E-state index contributed by atoms with van der Waals surface area (Å²) in [6, 6.07) is 15.7. The summed E-state index contributed by atoms with van der Waals surface area (Å²) < 4.78 is 5.63. The average Bonchev–Trinajstić information content (AvgIpc) is 3.42. The number of pyridine rings is 1. The van der Waals surface area contributed by atoms with Crippen molar-refractivity contribution < 1.29 is 9.53 Å². The van der Waals surface area contributed by atoms with Crippen LogP contribution < -0.4 is 26.0 Å². The monoisotopic (exact) mass is 481 g/mol. The third kappa shape index (κ3) is 5.11. The lowest BCUT2D eigenvalue weighted by Gasteiger charge is -2.16. The number of methoxy groups -OCH3 is 1. The van der Waals surface area contributed by atoms with Gasteiger partial charge < -0.3 is 26.0 Å². The van der Waals surface area contributed by atoms with Gasteiger partial charge in [0.2, 0.25) is 11.9 Å². The summed E-state index contributed by atoms with van der Waals surface area (Å²) in [7, 11) is 1.64. The van der Waals surface area contributed by atoms with Crippen molar-refractivity contribution in [2.75, 3.05) is 36.1 Å². The van der Waals surface area contributed by atoms with E-state index in [1.54, 1.807) is 31.6 Å². The highest BCUT2D eigenvalue weighted by Crippen LogP contribution is 2.32. The lowest BCUT2D eigenvalue weighted by atomic mass is 10.1. The van der Waals surface area contributed by atoms with Gasteiger partial charge in [-0.15, -0.1) is 0 Å². The summed E-state index contributed by atoms with van der Waals surface area (Å²) in [5, 5.41) is 13.8. The molecule has 36 heavy (non-hydrogen) atoms. The molecule has 0 bridgehead atoms. The minimum Gasteiger partial charge on any atom is -0.494 e. The first kappa shape index (κ1) is 23.3. The molecular formula is C27H27N7O2. The molecule has 182 valence electrons. The van der Waals surface area contributed by atoms with Crippen LogP contribution in [0.2, 0.25) is 0 Å². The highest BCUT2D eigenvalue weighted by atomic mass is 16.5. The summed E-state index contributed by atoms with van der Waals surface area (Å²) in [6.45, 7) is 5.47. The minimum absolute atomic E-state index is 0.283. The van der Waals surface area contributed by atoms with E-state index < -0.39 is 0 Å². The molecule has 1 atom stereocenters. The Balaban J connectivity index is 1.44. The van der Waals surface area contributed by atoms with Crippen LogP contribution in [0.3, 0.4) is 0 Å². The first-order valence-corrected chi connectivity index (χ1v) is 11.7. The van der Waals surface area contributed by atoms with Gasteiger partial charge in [0, 0.05) is 53.4 Å². The number of ether oxygens (including phenoxy) is 1. The van der Waals surface area contributed by atoms with Crippen molar-refractivity contribution >= 4 is 39.8 Å². The van der Waals surface area contributed by atoms with E-state index in [0.717, 1.165) is 47.4 Å². The van der Waals surface area contributed by atoms with E-state index in [4.69, 9.17) is 9.72 Å². The topological polar surface area (TPSA) is 113 Å². The summed E-state index contributed by atoms with van der Waals surface area (Å²) in [6.07, 6.45) is 5.74. The number of benzene rings is 2. The molecule has 3 heterocycles. The van der Waals surface area contributed by atoms with Gasteiger partial charge in [-0.25, -0.2) is 9.97 Å². The quantitative estimate of drug-likeness (QED) is 0.275. The molecule has 0 spiro atoms.